The second kappa shape index (κ2) is 4.92. The van der Waals surface area contributed by atoms with Crippen LogP contribution in [0.4, 0.5) is 14.5 Å². The zero-order valence-corrected chi connectivity index (χ0v) is 10.1. The van der Waals surface area contributed by atoms with Crippen LogP contribution in [0.3, 0.4) is 0 Å². The Morgan fingerprint density at radius 2 is 2.06 bits per heavy atom. The first-order valence-electron chi connectivity index (χ1n) is 6.00. The van der Waals surface area contributed by atoms with Crippen LogP contribution in [-0.2, 0) is 0 Å². The molecule has 0 atom stereocenters. The Morgan fingerprint density at radius 1 is 1.39 bits per heavy atom. The first-order valence-corrected chi connectivity index (χ1v) is 6.00. The number of nitrogens with zero attached hydrogens (tertiary/aromatic N) is 1. The number of hydrogen-bond acceptors (Lipinski definition) is 2. The molecule has 1 N–H and O–H groups in total. The van der Waals surface area contributed by atoms with Gasteiger partial charge in [0.1, 0.15) is 11.6 Å². The highest BCUT2D eigenvalue weighted by Gasteiger charge is 2.29. The third-order valence-corrected chi connectivity index (χ3v) is 3.26. The molecule has 1 aliphatic heterocycles. The first kappa shape index (κ1) is 12.8. The Balaban J connectivity index is 2.19. The highest BCUT2D eigenvalue weighted by atomic mass is 19.1. The molecule has 1 saturated heterocycles. The molecule has 1 fully saturated rings. The van der Waals surface area contributed by atoms with Crippen LogP contribution in [0.2, 0.25) is 0 Å². The van der Waals surface area contributed by atoms with E-state index < -0.39 is 23.2 Å². The summed E-state index contributed by atoms with van der Waals surface area (Å²) in [4.78, 5) is 12.6. The SMILES string of the molecule is CCCC1CN(c2cc(C(=O)O)c(F)cc2F)C1. The fourth-order valence-corrected chi connectivity index (χ4v) is 2.30. The Kier molecular flexibility index (Phi) is 3.50. The van der Waals surface area contributed by atoms with Crippen molar-refractivity contribution in [2.24, 2.45) is 5.92 Å². The Bertz CT molecular complexity index is 470. The third-order valence-electron chi connectivity index (χ3n) is 3.26. The smallest absolute Gasteiger partial charge is 0.338 e. The van der Waals surface area contributed by atoms with Crippen molar-refractivity contribution < 1.29 is 18.7 Å². The molecule has 0 saturated carbocycles. The minimum atomic E-state index is -1.38. The van der Waals surface area contributed by atoms with Gasteiger partial charge in [-0.05, 0) is 18.4 Å². The summed E-state index contributed by atoms with van der Waals surface area (Å²) < 4.78 is 26.8. The van der Waals surface area contributed by atoms with Crippen LogP contribution in [0.25, 0.3) is 0 Å². The maximum atomic E-state index is 13.6. The van der Waals surface area contributed by atoms with Crippen molar-refractivity contribution in [2.45, 2.75) is 19.8 Å². The minimum absolute atomic E-state index is 0.182. The van der Waals surface area contributed by atoms with Crippen LogP contribution in [-0.4, -0.2) is 24.2 Å². The highest BCUT2D eigenvalue weighted by molar-refractivity contribution is 5.89. The van der Waals surface area contributed by atoms with Crippen molar-refractivity contribution in [2.75, 3.05) is 18.0 Å². The molecule has 98 valence electrons. The quantitative estimate of drug-likeness (QED) is 0.899. The van der Waals surface area contributed by atoms with Gasteiger partial charge in [-0.3, -0.25) is 0 Å². The molecule has 0 bridgehead atoms. The number of benzene rings is 1. The molecule has 1 aliphatic rings. The number of aromatic carboxylic acids is 1. The molecule has 3 nitrogen and oxygen atoms in total. The molecule has 5 heteroatoms. The summed E-state index contributed by atoms with van der Waals surface area (Å²) in [7, 11) is 0. The van der Waals surface area contributed by atoms with Gasteiger partial charge >= 0.3 is 5.97 Å². The number of anilines is 1. The molecular formula is C13H15F2NO2. The number of rotatable bonds is 4. The summed E-state index contributed by atoms with van der Waals surface area (Å²) in [6, 6.07) is 1.72. The molecule has 0 unspecified atom stereocenters. The molecular weight excluding hydrogens is 240 g/mol. The van der Waals surface area contributed by atoms with E-state index in [4.69, 9.17) is 5.11 Å². The van der Waals surface area contributed by atoms with Crippen LogP contribution in [0.15, 0.2) is 12.1 Å². The predicted octanol–water partition coefficient (Wildman–Crippen LogP) is 2.90. The van der Waals surface area contributed by atoms with Crippen molar-refractivity contribution in [3.05, 3.63) is 29.3 Å². The zero-order chi connectivity index (χ0) is 13.3. The normalized spacial score (nSPS) is 15.6. The zero-order valence-electron chi connectivity index (χ0n) is 10.1. The molecule has 1 aromatic carbocycles. The summed E-state index contributed by atoms with van der Waals surface area (Å²) in [5.74, 6) is -2.59. The lowest BCUT2D eigenvalue weighted by Crippen LogP contribution is -2.47. The van der Waals surface area contributed by atoms with Crippen LogP contribution in [0.1, 0.15) is 30.1 Å². The van der Waals surface area contributed by atoms with E-state index in [-0.39, 0.29) is 5.69 Å². The largest absolute Gasteiger partial charge is 0.478 e. The van der Waals surface area contributed by atoms with E-state index in [9.17, 15) is 13.6 Å². The summed E-state index contributed by atoms with van der Waals surface area (Å²) in [6.45, 7) is 3.49. The van der Waals surface area contributed by atoms with E-state index >= 15 is 0 Å². The summed E-state index contributed by atoms with van der Waals surface area (Å²) >= 11 is 0. The molecule has 0 aliphatic carbocycles. The topological polar surface area (TPSA) is 40.5 Å². The van der Waals surface area contributed by atoms with Crippen LogP contribution in [0, 0.1) is 17.6 Å². The number of carboxylic acid groups (broad SMARTS) is 1. The maximum absolute atomic E-state index is 13.6. The van der Waals surface area contributed by atoms with E-state index in [1.165, 1.54) is 0 Å². The fourth-order valence-electron chi connectivity index (χ4n) is 2.30. The van der Waals surface area contributed by atoms with Crippen molar-refractivity contribution in [3.63, 3.8) is 0 Å². The van der Waals surface area contributed by atoms with Gasteiger partial charge in [-0.2, -0.15) is 0 Å². The van der Waals surface area contributed by atoms with Crippen molar-refractivity contribution >= 4 is 11.7 Å². The number of carboxylic acids is 1. The Labute approximate surface area is 104 Å². The summed E-state index contributed by atoms with van der Waals surface area (Å²) in [6.07, 6.45) is 2.15. The van der Waals surface area contributed by atoms with Crippen LogP contribution in [0.5, 0.6) is 0 Å². The molecule has 18 heavy (non-hydrogen) atoms. The van der Waals surface area contributed by atoms with Gasteiger partial charge in [-0.25, -0.2) is 13.6 Å². The van der Waals surface area contributed by atoms with E-state index in [1.54, 1.807) is 4.90 Å². The molecule has 2 rings (SSSR count). The van der Waals surface area contributed by atoms with E-state index in [0.717, 1.165) is 18.9 Å². The van der Waals surface area contributed by atoms with Gasteiger partial charge in [-0.15, -0.1) is 0 Å². The molecule has 0 aromatic heterocycles. The number of carbonyl (C=O) groups is 1. The monoisotopic (exact) mass is 255 g/mol. The second-order valence-corrected chi connectivity index (χ2v) is 4.65. The third kappa shape index (κ3) is 2.30. The number of hydrogen-bond donors (Lipinski definition) is 1. The van der Waals surface area contributed by atoms with Gasteiger partial charge in [0.2, 0.25) is 0 Å². The lowest BCUT2D eigenvalue weighted by Gasteiger charge is -2.41. The average molecular weight is 255 g/mol. The van der Waals surface area contributed by atoms with Gasteiger partial charge in [0.25, 0.3) is 0 Å². The lowest BCUT2D eigenvalue weighted by molar-refractivity contribution is 0.0692. The van der Waals surface area contributed by atoms with Crippen molar-refractivity contribution in [3.8, 4) is 0 Å². The van der Waals surface area contributed by atoms with Crippen LogP contribution < -0.4 is 4.90 Å². The molecule has 0 amide bonds. The maximum Gasteiger partial charge on any atom is 0.338 e. The van der Waals surface area contributed by atoms with E-state index in [0.29, 0.717) is 25.1 Å². The lowest BCUT2D eigenvalue weighted by atomic mass is 9.94. The fraction of sp³-hybridized carbons (Fsp3) is 0.462. The molecule has 1 heterocycles. The van der Waals surface area contributed by atoms with Crippen molar-refractivity contribution in [1.82, 2.24) is 0 Å². The second-order valence-electron chi connectivity index (χ2n) is 4.65. The van der Waals surface area contributed by atoms with Gasteiger partial charge in [-0.1, -0.05) is 13.3 Å². The molecule has 0 radical (unpaired) electrons. The standard InChI is InChI=1S/C13H15F2NO2/c1-2-3-8-6-16(7-8)12-4-9(13(17)18)10(14)5-11(12)15/h4-5,8H,2-3,6-7H2,1H3,(H,17,18). The van der Waals surface area contributed by atoms with E-state index in [2.05, 4.69) is 6.92 Å². The number of halogens is 2. The first-order chi connectivity index (χ1) is 8.52. The highest BCUT2D eigenvalue weighted by Crippen LogP contribution is 2.31. The van der Waals surface area contributed by atoms with Crippen LogP contribution >= 0.6 is 0 Å². The minimum Gasteiger partial charge on any atom is -0.478 e. The summed E-state index contributed by atoms with van der Waals surface area (Å²) in [5, 5.41) is 8.81. The van der Waals surface area contributed by atoms with Gasteiger partial charge in [0.15, 0.2) is 0 Å². The van der Waals surface area contributed by atoms with Gasteiger partial charge in [0, 0.05) is 19.2 Å². The van der Waals surface area contributed by atoms with Crippen molar-refractivity contribution in [1.29, 1.82) is 0 Å². The average Bonchev–Trinajstić information content (AvgIpc) is 2.23. The Morgan fingerprint density at radius 3 is 2.61 bits per heavy atom. The molecule has 0 spiro atoms. The Hall–Kier alpha value is -1.65. The molecule has 1 aromatic rings. The van der Waals surface area contributed by atoms with Gasteiger partial charge < -0.3 is 10.0 Å². The van der Waals surface area contributed by atoms with Gasteiger partial charge in [0.05, 0.1) is 11.3 Å². The van der Waals surface area contributed by atoms with E-state index in [1.807, 2.05) is 0 Å². The summed E-state index contributed by atoms with van der Waals surface area (Å²) in [5.41, 5.74) is -0.300. The predicted molar refractivity (Wildman–Crippen MR) is 63.9 cm³/mol.